The number of rotatable bonds is 4. The zero-order valence-corrected chi connectivity index (χ0v) is 11.7. The molecule has 3 aromatic rings. The van der Waals surface area contributed by atoms with Crippen LogP contribution in [0.5, 0.6) is 0 Å². The standard InChI is InChI=1S/C14H16N4S/c1-9(2)12(11-4-3-7-19-11)18-14-10-5-6-15-13(10)16-8-17-14/h3-9,12H,1-2H3,(H2,15,16,17,18)/t12-/m0/s1. The normalized spacial score (nSPS) is 13.0. The van der Waals surface area contributed by atoms with E-state index in [1.165, 1.54) is 4.88 Å². The van der Waals surface area contributed by atoms with Gasteiger partial charge in [-0.25, -0.2) is 9.97 Å². The van der Waals surface area contributed by atoms with E-state index in [0.717, 1.165) is 16.9 Å². The Hall–Kier alpha value is -1.88. The fourth-order valence-corrected chi connectivity index (χ4v) is 3.12. The lowest BCUT2D eigenvalue weighted by molar-refractivity contribution is 0.552. The molecule has 0 saturated heterocycles. The molecule has 0 unspecified atom stereocenters. The highest BCUT2D eigenvalue weighted by molar-refractivity contribution is 7.10. The van der Waals surface area contributed by atoms with Crippen LogP contribution in [0.1, 0.15) is 24.8 Å². The van der Waals surface area contributed by atoms with Crippen LogP contribution in [0.15, 0.2) is 36.1 Å². The second-order valence-electron chi connectivity index (χ2n) is 4.84. The highest BCUT2D eigenvalue weighted by atomic mass is 32.1. The molecule has 1 atom stereocenters. The lowest BCUT2D eigenvalue weighted by Crippen LogP contribution is -2.16. The summed E-state index contributed by atoms with van der Waals surface area (Å²) in [4.78, 5) is 13.0. The minimum absolute atomic E-state index is 0.271. The van der Waals surface area contributed by atoms with E-state index < -0.39 is 0 Å². The summed E-state index contributed by atoms with van der Waals surface area (Å²) in [5, 5.41) is 6.69. The van der Waals surface area contributed by atoms with Crippen molar-refractivity contribution >= 4 is 28.2 Å². The molecule has 4 nitrogen and oxygen atoms in total. The zero-order valence-electron chi connectivity index (χ0n) is 10.9. The first-order valence-corrected chi connectivity index (χ1v) is 7.21. The van der Waals surface area contributed by atoms with Gasteiger partial charge in [-0.1, -0.05) is 19.9 Å². The predicted octanol–water partition coefficient (Wildman–Crippen LogP) is 3.83. The molecule has 0 spiro atoms. The van der Waals surface area contributed by atoms with Gasteiger partial charge in [0.05, 0.1) is 11.4 Å². The van der Waals surface area contributed by atoms with E-state index in [1.54, 1.807) is 17.7 Å². The summed E-state index contributed by atoms with van der Waals surface area (Å²) in [6.07, 6.45) is 3.48. The van der Waals surface area contributed by atoms with Gasteiger partial charge in [0.1, 0.15) is 17.8 Å². The first kappa shape index (κ1) is 12.2. The van der Waals surface area contributed by atoms with Gasteiger partial charge in [0.25, 0.3) is 0 Å². The Morgan fingerprint density at radius 1 is 1.26 bits per heavy atom. The monoisotopic (exact) mass is 272 g/mol. The maximum atomic E-state index is 4.37. The summed E-state index contributed by atoms with van der Waals surface area (Å²) in [7, 11) is 0. The van der Waals surface area contributed by atoms with Crippen molar-refractivity contribution in [2.75, 3.05) is 5.32 Å². The molecule has 0 amide bonds. The number of nitrogens with one attached hydrogen (secondary N) is 2. The van der Waals surface area contributed by atoms with E-state index in [9.17, 15) is 0 Å². The van der Waals surface area contributed by atoms with E-state index in [0.29, 0.717) is 5.92 Å². The van der Waals surface area contributed by atoms with Gasteiger partial charge in [0.2, 0.25) is 0 Å². The van der Waals surface area contributed by atoms with Crippen molar-refractivity contribution in [1.29, 1.82) is 0 Å². The van der Waals surface area contributed by atoms with Crippen LogP contribution < -0.4 is 5.32 Å². The van der Waals surface area contributed by atoms with Gasteiger partial charge < -0.3 is 10.3 Å². The molecule has 3 heterocycles. The third-order valence-electron chi connectivity index (χ3n) is 3.16. The van der Waals surface area contributed by atoms with Gasteiger partial charge in [-0.15, -0.1) is 11.3 Å². The SMILES string of the molecule is CC(C)[C@H](Nc1ncnc2[nH]ccc12)c1cccs1. The van der Waals surface area contributed by atoms with Crippen molar-refractivity contribution in [2.24, 2.45) is 5.92 Å². The molecule has 5 heteroatoms. The molecular formula is C14H16N4S. The number of H-pyrrole nitrogens is 1. The highest BCUT2D eigenvalue weighted by Gasteiger charge is 2.18. The van der Waals surface area contributed by atoms with Crippen LogP contribution >= 0.6 is 11.3 Å². The molecule has 3 rings (SSSR count). The van der Waals surface area contributed by atoms with Crippen molar-refractivity contribution in [2.45, 2.75) is 19.9 Å². The molecule has 98 valence electrons. The van der Waals surface area contributed by atoms with Crippen molar-refractivity contribution in [1.82, 2.24) is 15.0 Å². The van der Waals surface area contributed by atoms with Crippen LogP contribution in [-0.4, -0.2) is 15.0 Å². The predicted molar refractivity (Wildman–Crippen MR) is 79.4 cm³/mol. The number of aromatic nitrogens is 3. The van der Waals surface area contributed by atoms with Gasteiger partial charge in [0, 0.05) is 11.1 Å². The van der Waals surface area contributed by atoms with Crippen molar-refractivity contribution in [3.05, 3.63) is 41.0 Å². The number of hydrogen-bond acceptors (Lipinski definition) is 4. The first-order chi connectivity index (χ1) is 9.25. The topological polar surface area (TPSA) is 53.6 Å². The Labute approximate surface area is 115 Å². The number of thiophene rings is 1. The smallest absolute Gasteiger partial charge is 0.142 e. The number of nitrogens with zero attached hydrogens (tertiary/aromatic N) is 2. The summed E-state index contributed by atoms with van der Waals surface area (Å²) in [5.74, 6) is 1.38. The molecular weight excluding hydrogens is 256 g/mol. The Balaban J connectivity index is 1.96. The second kappa shape index (κ2) is 5.01. The molecule has 0 radical (unpaired) electrons. The van der Waals surface area contributed by atoms with Gasteiger partial charge >= 0.3 is 0 Å². The van der Waals surface area contributed by atoms with E-state index in [4.69, 9.17) is 0 Å². The molecule has 0 aromatic carbocycles. The molecule has 0 bridgehead atoms. The minimum atomic E-state index is 0.271. The molecule has 0 aliphatic carbocycles. The number of fused-ring (bicyclic) bond motifs is 1. The largest absolute Gasteiger partial charge is 0.362 e. The maximum Gasteiger partial charge on any atom is 0.142 e. The summed E-state index contributed by atoms with van der Waals surface area (Å²) >= 11 is 1.77. The molecule has 0 fully saturated rings. The first-order valence-electron chi connectivity index (χ1n) is 6.33. The average molecular weight is 272 g/mol. The molecule has 0 saturated carbocycles. The van der Waals surface area contributed by atoms with Crippen molar-refractivity contribution in [3.8, 4) is 0 Å². The maximum absolute atomic E-state index is 4.37. The Morgan fingerprint density at radius 3 is 2.89 bits per heavy atom. The summed E-state index contributed by atoms with van der Waals surface area (Å²) in [6.45, 7) is 4.43. The zero-order chi connectivity index (χ0) is 13.2. The minimum Gasteiger partial charge on any atom is -0.362 e. The van der Waals surface area contributed by atoms with E-state index in [1.807, 2.05) is 12.3 Å². The van der Waals surface area contributed by atoms with E-state index >= 15 is 0 Å². The molecule has 2 N–H and O–H groups in total. The quantitative estimate of drug-likeness (QED) is 0.759. The summed E-state index contributed by atoms with van der Waals surface area (Å²) < 4.78 is 0. The van der Waals surface area contributed by atoms with Gasteiger partial charge in [0.15, 0.2) is 0 Å². The molecule has 19 heavy (non-hydrogen) atoms. The highest BCUT2D eigenvalue weighted by Crippen LogP contribution is 2.30. The second-order valence-corrected chi connectivity index (χ2v) is 5.82. The van der Waals surface area contributed by atoms with Crippen molar-refractivity contribution in [3.63, 3.8) is 0 Å². The third-order valence-corrected chi connectivity index (χ3v) is 4.12. The number of aromatic amines is 1. The molecule has 0 aliphatic heterocycles. The Bertz CT molecular complexity index is 657. The lowest BCUT2D eigenvalue weighted by atomic mass is 10.0. The van der Waals surface area contributed by atoms with Gasteiger partial charge in [-0.2, -0.15) is 0 Å². The Kier molecular flexibility index (Phi) is 3.21. The van der Waals surface area contributed by atoms with Crippen LogP contribution in [0.4, 0.5) is 5.82 Å². The van der Waals surface area contributed by atoms with E-state index in [-0.39, 0.29) is 6.04 Å². The van der Waals surface area contributed by atoms with Crippen LogP contribution in [-0.2, 0) is 0 Å². The Morgan fingerprint density at radius 2 is 2.16 bits per heavy atom. The summed E-state index contributed by atoms with van der Waals surface area (Å²) in [5.41, 5.74) is 0.867. The lowest BCUT2D eigenvalue weighted by Gasteiger charge is -2.22. The van der Waals surface area contributed by atoms with Crippen LogP contribution in [0.25, 0.3) is 11.0 Å². The van der Waals surface area contributed by atoms with Gasteiger partial charge in [-0.05, 0) is 23.4 Å². The number of hydrogen-bond donors (Lipinski definition) is 2. The molecule has 3 aromatic heterocycles. The van der Waals surface area contributed by atoms with E-state index in [2.05, 4.69) is 51.6 Å². The average Bonchev–Trinajstić information content (AvgIpc) is 3.06. The van der Waals surface area contributed by atoms with Gasteiger partial charge in [-0.3, -0.25) is 0 Å². The fourth-order valence-electron chi connectivity index (χ4n) is 2.17. The van der Waals surface area contributed by atoms with Crippen LogP contribution in [0.3, 0.4) is 0 Å². The number of anilines is 1. The fraction of sp³-hybridized carbons (Fsp3) is 0.286. The van der Waals surface area contributed by atoms with Crippen LogP contribution in [0, 0.1) is 5.92 Å². The summed E-state index contributed by atoms with van der Waals surface area (Å²) in [6, 6.07) is 6.53. The third kappa shape index (κ3) is 2.33. The molecule has 0 aliphatic rings. The van der Waals surface area contributed by atoms with Crippen molar-refractivity contribution < 1.29 is 0 Å². The van der Waals surface area contributed by atoms with Crippen LogP contribution in [0.2, 0.25) is 0 Å².